The number of rotatable bonds is 4. The normalized spacial score (nSPS) is 9.95. The molecule has 1 aromatic carbocycles. The van der Waals surface area contributed by atoms with Crippen LogP contribution in [0.2, 0.25) is 0 Å². The van der Waals surface area contributed by atoms with Crippen molar-refractivity contribution in [2.75, 3.05) is 19.5 Å². The first-order valence-corrected chi connectivity index (χ1v) is 6.22. The van der Waals surface area contributed by atoms with Gasteiger partial charge < -0.3 is 20.1 Å². The summed E-state index contributed by atoms with van der Waals surface area (Å²) in [5, 5.41) is 5.76. The van der Waals surface area contributed by atoms with Crippen molar-refractivity contribution in [1.82, 2.24) is 5.32 Å². The van der Waals surface area contributed by atoms with Crippen molar-refractivity contribution < 1.29 is 14.3 Å². The number of anilines is 1. The van der Waals surface area contributed by atoms with Crippen LogP contribution in [0.4, 0.5) is 5.69 Å². The van der Waals surface area contributed by atoms with Gasteiger partial charge in [-0.1, -0.05) is 13.8 Å². The molecule has 1 rings (SSSR count). The molecule has 1 aromatic rings. The summed E-state index contributed by atoms with van der Waals surface area (Å²) in [6.45, 7) is 3.60. The lowest BCUT2D eigenvalue weighted by Gasteiger charge is -2.14. The molecule has 6 heteroatoms. The average Bonchev–Trinajstić information content (AvgIpc) is 2.38. The van der Waals surface area contributed by atoms with E-state index in [4.69, 9.17) is 21.7 Å². The molecule has 0 aliphatic carbocycles. The molecule has 1 amide bonds. The molecule has 0 spiro atoms. The summed E-state index contributed by atoms with van der Waals surface area (Å²) in [4.78, 5) is 11.5. The van der Waals surface area contributed by atoms with Gasteiger partial charge in [0.05, 0.1) is 19.9 Å². The van der Waals surface area contributed by atoms with Crippen LogP contribution in [0.5, 0.6) is 11.5 Å². The number of methoxy groups -OCH3 is 2. The monoisotopic (exact) mass is 282 g/mol. The molecule has 0 saturated carbocycles. The molecule has 0 aliphatic rings. The van der Waals surface area contributed by atoms with E-state index in [9.17, 15) is 4.79 Å². The van der Waals surface area contributed by atoms with Crippen molar-refractivity contribution in [3.63, 3.8) is 0 Å². The fraction of sp³-hybridized carbons (Fsp3) is 0.385. The van der Waals surface area contributed by atoms with E-state index in [0.29, 0.717) is 17.2 Å². The van der Waals surface area contributed by atoms with Crippen LogP contribution in [0.1, 0.15) is 13.8 Å². The second-order valence-corrected chi connectivity index (χ2v) is 4.57. The minimum Gasteiger partial charge on any atom is -0.497 e. The maximum absolute atomic E-state index is 11.5. The lowest BCUT2D eigenvalue weighted by Crippen LogP contribution is -2.36. The number of carbonyl (C=O) groups excluding carboxylic acids is 1. The Balaban J connectivity index is 2.76. The smallest absolute Gasteiger partial charge is 0.228 e. The highest BCUT2D eigenvalue weighted by Crippen LogP contribution is 2.28. The quantitative estimate of drug-likeness (QED) is 0.829. The minimum atomic E-state index is -0.134. The molecule has 0 saturated heterocycles. The second-order valence-electron chi connectivity index (χ2n) is 4.16. The van der Waals surface area contributed by atoms with Crippen molar-refractivity contribution in [2.24, 2.45) is 5.92 Å². The molecule has 0 atom stereocenters. The maximum Gasteiger partial charge on any atom is 0.228 e. The molecule has 0 aliphatic heterocycles. The summed E-state index contributed by atoms with van der Waals surface area (Å²) in [6, 6.07) is 5.28. The van der Waals surface area contributed by atoms with E-state index in [1.54, 1.807) is 46.3 Å². The third-order valence-electron chi connectivity index (χ3n) is 2.42. The number of thiocarbonyl (C=S) groups is 1. The van der Waals surface area contributed by atoms with Crippen LogP contribution >= 0.6 is 12.2 Å². The van der Waals surface area contributed by atoms with Gasteiger partial charge in [-0.15, -0.1) is 0 Å². The Morgan fingerprint density at radius 3 is 2.47 bits per heavy atom. The summed E-state index contributed by atoms with van der Waals surface area (Å²) in [6.07, 6.45) is 0. The van der Waals surface area contributed by atoms with Gasteiger partial charge in [-0.2, -0.15) is 0 Å². The molecule has 0 aromatic heterocycles. The van der Waals surface area contributed by atoms with Crippen LogP contribution in [0.3, 0.4) is 0 Å². The molecule has 104 valence electrons. The number of hydrogen-bond acceptors (Lipinski definition) is 4. The summed E-state index contributed by atoms with van der Waals surface area (Å²) in [5.74, 6) is 1.00. The van der Waals surface area contributed by atoms with Crippen LogP contribution in [0, 0.1) is 5.92 Å². The molecule has 2 N–H and O–H groups in total. The zero-order valence-corrected chi connectivity index (χ0v) is 12.3. The zero-order valence-electron chi connectivity index (χ0n) is 11.4. The van der Waals surface area contributed by atoms with E-state index in [0.717, 1.165) is 0 Å². The SMILES string of the molecule is COc1ccc(NC(=S)NC(=O)C(C)C)c(OC)c1. The number of hydrogen-bond donors (Lipinski definition) is 2. The fourth-order valence-corrected chi connectivity index (χ4v) is 1.52. The van der Waals surface area contributed by atoms with Gasteiger partial charge in [-0.25, -0.2) is 0 Å². The highest BCUT2D eigenvalue weighted by Gasteiger charge is 2.11. The molecule has 0 unspecified atom stereocenters. The first kappa shape index (κ1) is 15.2. The Hall–Kier alpha value is -1.82. The number of nitrogens with one attached hydrogen (secondary N) is 2. The van der Waals surface area contributed by atoms with Gasteiger partial charge in [-0.05, 0) is 24.4 Å². The third kappa shape index (κ3) is 4.40. The summed E-state index contributed by atoms with van der Waals surface area (Å²) in [5.41, 5.74) is 0.664. The third-order valence-corrected chi connectivity index (χ3v) is 2.62. The van der Waals surface area contributed by atoms with Crippen LogP contribution in [-0.2, 0) is 4.79 Å². The molecule has 0 bridgehead atoms. The van der Waals surface area contributed by atoms with Crippen LogP contribution in [0.15, 0.2) is 18.2 Å². The molecule has 0 heterocycles. The van der Waals surface area contributed by atoms with E-state index in [1.807, 2.05) is 0 Å². The van der Waals surface area contributed by atoms with Crippen LogP contribution in [0.25, 0.3) is 0 Å². The number of carbonyl (C=O) groups is 1. The van der Waals surface area contributed by atoms with Crippen LogP contribution < -0.4 is 20.1 Å². The van der Waals surface area contributed by atoms with Crippen molar-refractivity contribution in [3.8, 4) is 11.5 Å². The highest BCUT2D eigenvalue weighted by atomic mass is 32.1. The first-order valence-electron chi connectivity index (χ1n) is 5.81. The lowest BCUT2D eigenvalue weighted by atomic mass is 10.2. The molecular formula is C13H18N2O3S. The molecule has 0 fully saturated rings. The van der Waals surface area contributed by atoms with Gasteiger partial charge in [0.25, 0.3) is 0 Å². The van der Waals surface area contributed by atoms with E-state index < -0.39 is 0 Å². The predicted molar refractivity (Wildman–Crippen MR) is 78.7 cm³/mol. The van der Waals surface area contributed by atoms with Crippen molar-refractivity contribution >= 4 is 28.9 Å². The highest BCUT2D eigenvalue weighted by molar-refractivity contribution is 7.80. The largest absolute Gasteiger partial charge is 0.497 e. The standard InChI is InChI=1S/C13H18N2O3S/c1-8(2)12(16)15-13(19)14-10-6-5-9(17-3)7-11(10)18-4/h5-8H,1-4H3,(H2,14,15,16,19). The van der Waals surface area contributed by atoms with Crippen LogP contribution in [-0.4, -0.2) is 25.2 Å². The first-order chi connectivity index (χ1) is 8.97. The van der Waals surface area contributed by atoms with E-state index >= 15 is 0 Å². The topological polar surface area (TPSA) is 59.6 Å². The minimum absolute atomic E-state index is 0.127. The second kappa shape index (κ2) is 6.94. The maximum atomic E-state index is 11.5. The number of benzene rings is 1. The average molecular weight is 282 g/mol. The number of amides is 1. The van der Waals surface area contributed by atoms with Gasteiger partial charge in [0, 0.05) is 12.0 Å². The predicted octanol–water partition coefficient (Wildman–Crippen LogP) is 2.17. The Bertz CT molecular complexity index is 475. The van der Waals surface area contributed by atoms with Crippen molar-refractivity contribution in [3.05, 3.63) is 18.2 Å². The van der Waals surface area contributed by atoms with E-state index in [2.05, 4.69) is 10.6 Å². The fourth-order valence-electron chi connectivity index (χ4n) is 1.31. The van der Waals surface area contributed by atoms with Crippen molar-refractivity contribution in [2.45, 2.75) is 13.8 Å². The summed E-state index contributed by atoms with van der Waals surface area (Å²) < 4.78 is 10.3. The number of ether oxygens (including phenoxy) is 2. The Labute approximate surface area is 118 Å². The Morgan fingerprint density at radius 1 is 1.26 bits per heavy atom. The molecular weight excluding hydrogens is 264 g/mol. The molecule has 19 heavy (non-hydrogen) atoms. The van der Waals surface area contributed by atoms with E-state index in [-0.39, 0.29) is 16.9 Å². The Kier molecular flexibility index (Phi) is 5.57. The lowest BCUT2D eigenvalue weighted by molar-refractivity contribution is -0.122. The van der Waals surface area contributed by atoms with Gasteiger partial charge in [-0.3, -0.25) is 4.79 Å². The summed E-state index contributed by atoms with van der Waals surface area (Å²) in [7, 11) is 3.13. The molecule has 0 radical (unpaired) electrons. The molecule has 5 nitrogen and oxygen atoms in total. The van der Waals surface area contributed by atoms with E-state index in [1.165, 1.54) is 0 Å². The van der Waals surface area contributed by atoms with Crippen molar-refractivity contribution in [1.29, 1.82) is 0 Å². The summed E-state index contributed by atoms with van der Waals surface area (Å²) >= 11 is 5.07. The van der Waals surface area contributed by atoms with Gasteiger partial charge in [0.1, 0.15) is 11.5 Å². The zero-order chi connectivity index (χ0) is 14.4. The van der Waals surface area contributed by atoms with Gasteiger partial charge in [0.15, 0.2) is 5.11 Å². The van der Waals surface area contributed by atoms with Gasteiger partial charge in [0.2, 0.25) is 5.91 Å². The Morgan fingerprint density at radius 2 is 1.95 bits per heavy atom. The van der Waals surface area contributed by atoms with Gasteiger partial charge >= 0.3 is 0 Å².